The molecule has 8 heteroatoms. The van der Waals surface area contributed by atoms with Crippen LogP contribution in [0, 0.1) is 0 Å². The van der Waals surface area contributed by atoms with Gasteiger partial charge >= 0.3 is 5.97 Å². The molecule has 3 heterocycles. The van der Waals surface area contributed by atoms with E-state index in [1.807, 2.05) is 45.0 Å². The third-order valence-corrected chi connectivity index (χ3v) is 8.55. The number of fused-ring (bicyclic) bond motifs is 3. The van der Waals surface area contributed by atoms with E-state index in [2.05, 4.69) is 24.3 Å². The van der Waals surface area contributed by atoms with Crippen molar-refractivity contribution in [3.63, 3.8) is 0 Å². The van der Waals surface area contributed by atoms with Crippen molar-refractivity contribution in [2.24, 2.45) is 0 Å². The highest BCUT2D eigenvalue weighted by atomic mass is 32.2. The molecular formula is C30H32N2O5S. The highest BCUT2D eigenvalue weighted by Crippen LogP contribution is 2.47. The van der Waals surface area contributed by atoms with Gasteiger partial charge in [0.05, 0.1) is 12.6 Å². The highest BCUT2D eigenvalue weighted by molar-refractivity contribution is 7.98. The largest absolute Gasteiger partial charge is 0.487 e. The molecule has 1 amide bonds. The number of pyridine rings is 1. The molecule has 0 bridgehead atoms. The first kappa shape index (κ1) is 26.1. The summed E-state index contributed by atoms with van der Waals surface area (Å²) in [5, 5.41) is 9.96. The maximum Gasteiger partial charge on any atom is 0.341 e. The molecule has 198 valence electrons. The van der Waals surface area contributed by atoms with E-state index in [-0.39, 0.29) is 47.5 Å². The minimum atomic E-state index is -1.33. The molecule has 2 atom stereocenters. The quantitative estimate of drug-likeness (QED) is 0.400. The van der Waals surface area contributed by atoms with Crippen LogP contribution in [-0.4, -0.2) is 45.6 Å². The Kier molecular flexibility index (Phi) is 7.34. The average Bonchev–Trinajstić information content (AvgIpc) is 3.07. The van der Waals surface area contributed by atoms with Crippen molar-refractivity contribution >= 4 is 23.6 Å². The van der Waals surface area contributed by atoms with Gasteiger partial charge in [0.25, 0.3) is 5.91 Å². The number of hydrogen-bond acceptors (Lipinski definition) is 5. The lowest BCUT2D eigenvalue weighted by Gasteiger charge is -2.42. The Morgan fingerprint density at radius 1 is 1.11 bits per heavy atom. The van der Waals surface area contributed by atoms with Crippen LogP contribution in [0.25, 0.3) is 0 Å². The highest BCUT2D eigenvalue weighted by Gasteiger charge is 2.42. The van der Waals surface area contributed by atoms with Gasteiger partial charge in [-0.25, -0.2) is 4.79 Å². The Hall–Kier alpha value is -3.52. The minimum absolute atomic E-state index is 0.123. The summed E-state index contributed by atoms with van der Waals surface area (Å²) in [4.78, 5) is 42.3. The van der Waals surface area contributed by atoms with E-state index >= 15 is 0 Å². The monoisotopic (exact) mass is 532 g/mol. The maximum absolute atomic E-state index is 13.9. The Morgan fingerprint density at radius 3 is 2.53 bits per heavy atom. The molecule has 0 spiro atoms. The molecule has 38 heavy (non-hydrogen) atoms. The fourth-order valence-electron chi connectivity index (χ4n) is 5.48. The molecule has 1 aromatic heterocycles. The SMILES string of the molecule is CCCCOc1c2n(cc(C(=O)O)c1=O)[C@@H](C1c3ccccc3CSc3ccccc31)CN(C(C)C)C2=O. The van der Waals surface area contributed by atoms with Gasteiger partial charge in [-0.3, -0.25) is 9.59 Å². The van der Waals surface area contributed by atoms with Crippen molar-refractivity contribution in [2.45, 2.75) is 62.3 Å². The van der Waals surface area contributed by atoms with Gasteiger partial charge in [-0.1, -0.05) is 55.8 Å². The van der Waals surface area contributed by atoms with E-state index in [4.69, 9.17) is 4.74 Å². The van der Waals surface area contributed by atoms with E-state index in [0.29, 0.717) is 13.0 Å². The van der Waals surface area contributed by atoms with Crippen molar-refractivity contribution in [1.29, 1.82) is 0 Å². The lowest BCUT2D eigenvalue weighted by Crippen LogP contribution is -2.49. The second-order valence-electron chi connectivity index (χ2n) is 10.1. The van der Waals surface area contributed by atoms with Gasteiger partial charge in [0, 0.05) is 35.3 Å². The molecule has 7 nitrogen and oxygen atoms in total. The number of benzene rings is 2. The number of aromatic nitrogens is 1. The fourth-order valence-corrected chi connectivity index (χ4v) is 6.59. The summed E-state index contributed by atoms with van der Waals surface area (Å²) in [6, 6.07) is 16.1. The van der Waals surface area contributed by atoms with E-state index in [0.717, 1.165) is 28.2 Å². The van der Waals surface area contributed by atoms with Crippen molar-refractivity contribution < 1.29 is 19.4 Å². The lowest BCUT2D eigenvalue weighted by molar-refractivity contribution is 0.0577. The van der Waals surface area contributed by atoms with Gasteiger partial charge in [0.15, 0.2) is 11.4 Å². The molecular weight excluding hydrogens is 500 g/mol. The van der Waals surface area contributed by atoms with Crippen molar-refractivity contribution in [3.05, 3.63) is 92.9 Å². The van der Waals surface area contributed by atoms with Crippen LogP contribution in [0.4, 0.5) is 0 Å². The number of rotatable bonds is 7. The summed E-state index contributed by atoms with van der Waals surface area (Å²) in [6.07, 6.45) is 2.88. The molecule has 0 saturated heterocycles. The molecule has 0 fully saturated rings. The molecule has 5 rings (SSSR count). The lowest BCUT2D eigenvalue weighted by atomic mass is 9.81. The molecule has 2 aromatic carbocycles. The first-order chi connectivity index (χ1) is 18.3. The number of carbonyl (C=O) groups is 2. The number of amides is 1. The minimum Gasteiger partial charge on any atom is -0.487 e. The third kappa shape index (κ3) is 4.51. The summed E-state index contributed by atoms with van der Waals surface area (Å²) in [6.45, 7) is 6.51. The topological polar surface area (TPSA) is 88.8 Å². The first-order valence-electron chi connectivity index (χ1n) is 13.1. The van der Waals surface area contributed by atoms with Crippen LogP contribution in [0.3, 0.4) is 0 Å². The predicted molar refractivity (Wildman–Crippen MR) is 148 cm³/mol. The zero-order valence-electron chi connectivity index (χ0n) is 21.8. The number of unbranched alkanes of at least 4 members (excludes halogenated alkanes) is 1. The molecule has 0 saturated carbocycles. The van der Waals surface area contributed by atoms with Gasteiger partial charge in [-0.05, 0) is 43.0 Å². The van der Waals surface area contributed by atoms with E-state index in [9.17, 15) is 19.5 Å². The number of carboxylic acid groups (broad SMARTS) is 1. The number of nitrogens with zero attached hydrogens (tertiary/aromatic N) is 2. The van der Waals surface area contributed by atoms with Crippen LogP contribution in [-0.2, 0) is 5.75 Å². The molecule has 1 N–H and O–H groups in total. The van der Waals surface area contributed by atoms with Gasteiger partial charge < -0.3 is 19.3 Å². The smallest absolute Gasteiger partial charge is 0.341 e. The first-order valence-corrected chi connectivity index (χ1v) is 14.1. The molecule has 2 aliphatic heterocycles. The van der Waals surface area contributed by atoms with Crippen LogP contribution < -0.4 is 10.2 Å². The van der Waals surface area contributed by atoms with E-state index in [1.54, 1.807) is 21.2 Å². The second kappa shape index (κ2) is 10.7. The van der Waals surface area contributed by atoms with Gasteiger partial charge in [0.1, 0.15) is 5.56 Å². The van der Waals surface area contributed by atoms with Crippen LogP contribution in [0.2, 0.25) is 0 Å². The summed E-state index contributed by atoms with van der Waals surface area (Å²) in [5.41, 5.74) is 2.46. The summed E-state index contributed by atoms with van der Waals surface area (Å²) < 4.78 is 7.64. The number of carbonyl (C=O) groups excluding carboxylic acids is 1. The summed E-state index contributed by atoms with van der Waals surface area (Å²) in [5.74, 6) is -1.17. The van der Waals surface area contributed by atoms with Gasteiger partial charge in [-0.2, -0.15) is 0 Å². The van der Waals surface area contributed by atoms with Crippen LogP contribution in [0.1, 0.15) is 83.1 Å². The van der Waals surface area contributed by atoms with Gasteiger partial charge in [0.2, 0.25) is 5.43 Å². The number of thioether (sulfide) groups is 1. The zero-order chi connectivity index (χ0) is 27.0. The maximum atomic E-state index is 13.9. The molecule has 2 aliphatic rings. The molecule has 3 aromatic rings. The number of aromatic carboxylic acids is 1. The zero-order valence-corrected chi connectivity index (χ0v) is 22.7. The van der Waals surface area contributed by atoms with Crippen LogP contribution >= 0.6 is 11.8 Å². The fraction of sp³-hybridized carbons (Fsp3) is 0.367. The summed E-state index contributed by atoms with van der Waals surface area (Å²) in [7, 11) is 0. The predicted octanol–water partition coefficient (Wildman–Crippen LogP) is 5.57. The van der Waals surface area contributed by atoms with E-state index in [1.165, 1.54) is 11.8 Å². The molecule has 0 aliphatic carbocycles. The van der Waals surface area contributed by atoms with Gasteiger partial charge in [-0.15, -0.1) is 11.8 Å². The Morgan fingerprint density at radius 2 is 1.82 bits per heavy atom. The number of ether oxygens (including phenoxy) is 1. The van der Waals surface area contributed by atoms with Crippen molar-refractivity contribution in [3.8, 4) is 5.75 Å². The molecule has 1 unspecified atom stereocenters. The average molecular weight is 533 g/mol. The number of carboxylic acids is 1. The van der Waals surface area contributed by atoms with Crippen molar-refractivity contribution in [2.75, 3.05) is 13.2 Å². The standard InChI is InChI=1S/C30H32N2O5S/c1-4-5-14-37-28-26-29(34)31(18(2)3)16-23(32(26)15-22(27(28)33)30(35)36)25-20-11-7-6-10-19(20)17-38-24-13-9-8-12-21(24)25/h6-13,15,18,23,25H,4-5,14,16-17H2,1-3H3,(H,35,36)/t23-,25?/m1/s1. The third-order valence-electron chi connectivity index (χ3n) is 7.41. The Balaban J connectivity index is 1.81. The molecule has 0 radical (unpaired) electrons. The second-order valence-corrected chi connectivity index (χ2v) is 11.1. The van der Waals surface area contributed by atoms with Crippen LogP contribution in [0.5, 0.6) is 5.75 Å². The Bertz CT molecular complexity index is 1400. The number of hydrogen-bond donors (Lipinski definition) is 1. The normalized spacial score (nSPS) is 18.4. The van der Waals surface area contributed by atoms with Crippen LogP contribution in [0.15, 0.2) is 64.4 Å². The van der Waals surface area contributed by atoms with Crippen molar-refractivity contribution in [1.82, 2.24) is 9.47 Å². The van der Waals surface area contributed by atoms with E-state index < -0.39 is 11.4 Å². The Labute approximate surface area is 226 Å². The summed E-state index contributed by atoms with van der Waals surface area (Å²) >= 11 is 1.78.